The molecule has 7 heteroatoms. The number of benzene rings is 1. The van der Waals surface area contributed by atoms with E-state index in [1.807, 2.05) is 6.92 Å². The van der Waals surface area contributed by atoms with Crippen molar-refractivity contribution >= 4 is 11.6 Å². The lowest BCUT2D eigenvalue weighted by molar-refractivity contribution is 0.0792. The van der Waals surface area contributed by atoms with Gasteiger partial charge in [0.2, 0.25) is 0 Å². The van der Waals surface area contributed by atoms with Crippen LogP contribution in [0.3, 0.4) is 0 Å². The summed E-state index contributed by atoms with van der Waals surface area (Å²) < 4.78 is 17.3. The number of nitrogens with zero attached hydrogens (tertiary/aromatic N) is 2. The van der Waals surface area contributed by atoms with E-state index in [2.05, 4.69) is 10.4 Å². The number of rotatable bonds is 7. The van der Waals surface area contributed by atoms with E-state index < -0.39 is 0 Å². The van der Waals surface area contributed by atoms with E-state index in [1.54, 1.807) is 35.3 Å². The first-order valence-corrected chi connectivity index (χ1v) is 6.82. The fourth-order valence-electron chi connectivity index (χ4n) is 1.95. The molecule has 0 aliphatic heterocycles. The molecule has 2 rings (SSSR count). The third kappa shape index (κ3) is 3.56. The van der Waals surface area contributed by atoms with Gasteiger partial charge in [-0.1, -0.05) is 6.07 Å². The standard InChI is InChI=1S/C15H19N3O4/c1-4-22-10-18-9-11(8-16-18)17-15(19)14-12(20-2)6-5-7-13(14)21-3/h5-9H,4,10H2,1-3H3,(H,17,19). The van der Waals surface area contributed by atoms with Crippen LogP contribution in [0.4, 0.5) is 5.69 Å². The summed E-state index contributed by atoms with van der Waals surface area (Å²) in [6.45, 7) is 2.84. The molecule has 0 saturated heterocycles. The highest BCUT2D eigenvalue weighted by atomic mass is 16.5. The number of methoxy groups -OCH3 is 2. The van der Waals surface area contributed by atoms with Crippen LogP contribution in [0.5, 0.6) is 11.5 Å². The molecule has 1 N–H and O–H groups in total. The number of anilines is 1. The molecule has 1 aromatic carbocycles. The Kier molecular flexibility index (Phi) is 5.37. The molecule has 1 aromatic heterocycles. The summed E-state index contributed by atoms with van der Waals surface area (Å²) in [5, 5.41) is 6.87. The van der Waals surface area contributed by atoms with E-state index in [0.29, 0.717) is 36.1 Å². The second-order valence-corrected chi connectivity index (χ2v) is 4.38. The summed E-state index contributed by atoms with van der Waals surface area (Å²) in [6.07, 6.45) is 3.24. The van der Waals surface area contributed by atoms with Crippen molar-refractivity contribution in [2.75, 3.05) is 26.1 Å². The van der Waals surface area contributed by atoms with Gasteiger partial charge in [0.15, 0.2) is 0 Å². The van der Waals surface area contributed by atoms with Gasteiger partial charge in [-0.15, -0.1) is 0 Å². The zero-order valence-corrected chi connectivity index (χ0v) is 12.8. The minimum absolute atomic E-state index is 0.328. The smallest absolute Gasteiger partial charge is 0.263 e. The molecule has 1 heterocycles. The number of nitrogens with one attached hydrogen (secondary N) is 1. The van der Waals surface area contributed by atoms with Crippen LogP contribution in [-0.4, -0.2) is 36.5 Å². The van der Waals surface area contributed by atoms with E-state index in [4.69, 9.17) is 14.2 Å². The zero-order chi connectivity index (χ0) is 15.9. The summed E-state index contributed by atoms with van der Waals surface area (Å²) in [7, 11) is 3.01. The van der Waals surface area contributed by atoms with Gasteiger partial charge in [0, 0.05) is 6.61 Å². The largest absolute Gasteiger partial charge is 0.496 e. The minimum atomic E-state index is -0.328. The Morgan fingerprint density at radius 3 is 2.55 bits per heavy atom. The Bertz CT molecular complexity index is 617. The number of hydrogen-bond acceptors (Lipinski definition) is 5. The van der Waals surface area contributed by atoms with E-state index in [0.717, 1.165) is 0 Å². The number of hydrogen-bond donors (Lipinski definition) is 1. The van der Waals surface area contributed by atoms with E-state index >= 15 is 0 Å². The van der Waals surface area contributed by atoms with E-state index in [9.17, 15) is 4.79 Å². The highest BCUT2D eigenvalue weighted by Gasteiger charge is 2.18. The van der Waals surface area contributed by atoms with Gasteiger partial charge >= 0.3 is 0 Å². The fraction of sp³-hybridized carbons (Fsp3) is 0.333. The van der Waals surface area contributed by atoms with Gasteiger partial charge in [-0.2, -0.15) is 5.10 Å². The summed E-state index contributed by atoms with van der Waals surface area (Å²) in [4.78, 5) is 12.5. The van der Waals surface area contributed by atoms with Crippen molar-refractivity contribution in [2.45, 2.75) is 13.7 Å². The minimum Gasteiger partial charge on any atom is -0.496 e. The lowest BCUT2D eigenvalue weighted by Gasteiger charge is -2.12. The average Bonchev–Trinajstić information content (AvgIpc) is 2.99. The van der Waals surface area contributed by atoms with Crippen LogP contribution in [0.2, 0.25) is 0 Å². The normalized spacial score (nSPS) is 10.3. The van der Waals surface area contributed by atoms with E-state index in [-0.39, 0.29) is 5.91 Å². The number of amides is 1. The molecule has 2 aromatic rings. The molecule has 0 aliphatic carbocycles. The van der Waals surface area contributed by atoms with Gasteiger partial charge in [-0.25, -0.2) is 4.68 Å². The zero-order valence-electron chi connectivity index (χ0n) is 12.8. The molecule has 22 heavy (non-hydrogen) atoms. The lowest BCUT2D eigenvalue weighted by atomic mass is 10.1. The first-order chi connectivity index (χ1) is 10.7. The quantitative estimate of drug-likeness (QED) is 0.848. The molecule has 0 unspecified atom stereocenters. The SMILES string of the molecule is CCOCn1cc(NC(=O)c2c(OC)cccc2OC)cn1. The molecule has 0 saturated carbocycles. The summed E-state index contributed by atoms with van der Waals surface area (Å²) in [5.74, 6) is 0.558. The molecule has 0 fully saturated rings. The highest BCUT2D eigenvalue weighted by Crippen LogP contribution is 2.28. The Balaban J connectivity index is 2.17. The van der Waals surface area contributed by atoms with Crippen molar-refractivity contribution in [1.29, 1.82) is 0 Å². The van der Waals surface area contributed by atoms with Crippen LogP contribution in [0.25, 0.3) is 0 Å². The van der Waals surface area contributed by atoms with Gasteiger partial charge in [-0.05, 0) is 19.1 Å². The number of carbonyl (C=O) groups excluding carboxylic acids is 1. The van der Waals surface area contributed by atoms with Crippen molar-refractivity contribution in [3.05, 3.63) is 36.2 Å². The molecule has 0 radical (unpaired) electrons. The third-order valence-corrected chi connectivity index (χ3v) is 2.97. The summed E-state index contributed by atoms with van der Waals surface area (Å²) >= 11 is 0. The van der Waals surface area contributed by atoms with Crippen molar-refractivity contribution in [2.24, 2.45) is 0 Å². The molecule has 0 aliphatic rings. The van der Waals surface area contributed by atoms with Gasteiger partial charge in [0.25, 0.3) is 5.91 Å². The highest BCUT2D eigenvalue weighted by molar-refractivity contribution is 6.08. The van der Waals surface area contributed by atoms with Crippen LogP contribution >= 0.6 is 0 Å². The molecule has 118 valence electrons. The Labute approximate surface area is 128 Å². The van der Waals surface area contributed by atoms with Crippen LogP contribution in [0.1, 0.15) is 17.3 Å². The van der Waals surface area contributed by atoms with Crippen molar-refractivity contribution in [3.8, 4) is 11.5 Å². The molecular weight excluding hydrogens is 286 g/mol. The molecule has 0 bridgehead atoms. The van der Waals surface area contributed by atoms with Crippen LogP contribution in [0, 0.1) is 0 Å². The molecule has 0 spiro atoms. The Morgan fingerprint density at radius 2 is 1.95 bits per heavy atom. The number of carbonyl (C=O) groups is 1. The second kappa shape index (κ2) is 7.46. The molecule has 1 amide bonds. The molecule has 7 nitrogen and oxygen atoms in total. The van der Waals surface area contributed by atoms with Gasteiger partial charge < -0.3 is 19.5 Å². The monoisotopic (exact) mass is 305 g/mol. The van der Waals surface area contributed by atoms with Crippen molar-refractivity contribution in [1.82, 2.24) is 9.78 Å². The summed E-state index contributed by atoms with van der Waals surface area (Å²) in [6, 6.07) is 5.17. The first kappa shape index (κ1) is 15.8. The maximum Gasteiger partial charge on any atom is 0.263 e. The van der Waals surface area contributed by atoms with Crippen molar-refractivity contribution < 1.29 is 19.0 Å². The van der Waals surface area contributed by atoms with Crippen LogP contribution in [0.15, 0.2) is 30.6 Å². The summed E-state index contributed by atoms with van der Waals surface area (Å²) in [5.41, 5.74) is 0.905. The number of aromatic nitrogens is 2. The lowest BCUT2D eigenvalue weighted by Crippen LogP contribution is -2.14. The predicted molar refractivity (Wildman–Crippen MR) is 81.4 cm³/mol. The maximum absolute atomic E-state index is 12.5. The average molecular weight is 305 g/mol. The second-order valence-electron chi connectivity index (χ2n) is 4.38. The first-order valence-electron chi connectivity index (χ1n) is 6.82. The number of ether oxygens (including phenoxy) is 3. The van der Waals surface area contributed by atoms with Gasteiger partial charge in [0.05, 0.1) is 32.3 Å². The maximum atomic E-state index is 12.5. The van der Waals surface area contributed by atoms with Crippen molar-refractivity contribution in [3.63, 3.8) is 0 Å². The fourth-order valence-corrected chi connectivity index (χ4v) is 1.95. The third-order valence-electron chi connectivity index (χ3n) is 2.97. The Morgan fingerprint density at radius 1 is 1.27 bits per heavy atom. The van der Waals surface area contributed by atoms with Crippen LogP contribution < -0.4 is 14.8 Å². The Hall–Kier alpha value is -2.54. The van der Waals surface area contributed by atoms with Crippen LogP contribution in [-0.2, 0) is 11.5 Å². The van der Waals surface area contributed by atoms with Gasteiger partial charge in [0.1, 0.15) is 23.8 Å². The molecule has 0 atom stereocenters. The van der Waals surface area contributed by atoms with E-state index in [1.165, 1.54) is 14.2 Å². The molecular formula is C15H19N3O4. The predicted octanol–water partition coefficient (Wildman–Crippen LogP) is 2.15. The topological polar surface area (TPSA) is 74.6 Å². The van der Waals surface area contributed by atoms with Gasteiger partial charge in [-0.3, -0.25) is 4.79 Å².